The molecule has 0 amide bonds. The Balaban J connectivity index is 3.17. The number of rotatable bonds is 2. The minimum atomic E-state index is -0.550. The van der Waals surface area contributed by atoms with Crippen molar-refractivity contribution in [2.75, 3.05) is 6.67 Å². The van der Waals surface area contributed by atoms with E-state index in [1.165, 1.54) is 0 Å². The summed E-state index contributed by atoms with van der Waals surface area (Å²) in [6.45, 7) is 3.08. The molecule has 67 valence electrons. The van der Waals surface area contributed by atoms with Gasteiger partial charge in [-0.05, 0) is 30.7 Å². The van der Waals surface area contributed by atoms with Gasteiger partial charge in [0.15, 0.2) is 0 Å². The summed E-state index contributed by atoms with van der Waals surface area (Å²) in [6, 6.07) is 7.16. The first-order valence-corrected chi connectivity index (χ1v) is 4.57. The van der Waals surface area contributed by atoms with Crippen LogP contribution in [0, 0.1) is 18.3 Å². The van der Waals surface area contributed by atoms with Gasteiger partial charge in [0.05, 0.1) is 18.3 Å². The molecular formula is C10H8BrFN. The van der Waals surface area contributed by atoms with Crippen LogP contribution in [-0.4, -0.2) is 6.67 Å². The van der Waals surface area contributed by atoms with Crippen molar-refractivity contribution in [3.8, 4) is 6.07 Å². The van der Waals surface area contributed by atoms with Crippen LogP contribution < -0.4 is 0 Å². The van der Waals surface area contributed by atoms with Gasteiger partial charge in [-0.2, -0.15) is 5.26 Å². The van der Waals surface area contributed by atoms with E-state index in [0.717, 1.165) is 4.47 Å². The van der Waals surface area contributed by atoms with E-state index in [1.807, 2.05) is 6.07 Å². The van der Waals surface area contributed by atoms with E-state index < -0.39 is 12.6 Å². The van der Waals surface area contributed by atoms with Crippen LogP contribution in [0.4, 0.5) is 4.39 Å². The maximum absolute atomic E-state index is 12.3. The fourth-order valence-electron chi connectivity index (χ4n) is 1.06. The zero-order valence-electron chi connectivity index (χ0n) is 6.93. The second kappa shape index (κ2) is 4.38. The van der Waals surface area contributed by atoms with E-state index in [9.17, 15) is 4.39 Å². The summed E-state index contributed by atoms with van der Waals surface area (Å²) in [5.74, 6) is -0.466. The first-order valence-electron chi connectivity index (χ1n) is 3.77. The third kappa shape index (κ3) is 2.28. The summed E-state index contributed by atoms with van der Waals surface area (Å²) >= 11 is 3.26. The summed E-state index contributed by atoms with van der Waals surface area (Å²) in [4.78, 5) is 0. The fourth-order valence-corrected chi connectivity index (χ4v) is 1.44. The van der Waals surface area contributed by atoms with Gasteiger partial charge in [0.1, 0.15) is 0 Å². The van der Waals surface area contributed by atoms with Gasteiger partial charge in [0.2, 0.25) is 0 Å². The van der Waals surface area contributed by atoms with Crippen LogP contribution in [0.3, 0.4) is 0 Å². The summed E-state index contributed by atoms with van der Waals surface area (Å²) in [6.07, 6.45) is 0. The standard InChI is InChI=1S/C10H8BrFN/c1-7(5-12)10-4-9(11)3-2-8(10)6-13/h2-4,7H,1,5H2. The number of hydrogen-bond donors (Lipinski definition) is 0. The van der Waals surface area contributed by atoms with E-state index in [-0.39, 0.29) is 0 Å². The smallest absolute Gasteiger partial charge is 0.0994 e. The van der Waals surface area contributed by atoms with Gasteiger partial charge in [0.25, 0.3) is 0 Å². The van der Waals surface area contributed by atoms with Crippen molar-refractivity contribution in [1.29, 1.82) is 5.26 Å². The first kappa shape index (κ1) is 10.2. The van der Waals surface area contributed by atoms with E-state index in [0.29, 0.717) is 11.1 Å². The van der Waals surface area contributed by atoms with E-state index >= 15 is 0 Å². The molecule has 1 aromatic rings. The van der Waals surface area contributed by atoms with Crippen LogP contribution in [0.1, 0.15) is 17.0 Å². The number of hydrogen-bond acceptors (Lipinski definition) is 1. The lowest BCUT2D eigenvalue weighted by molar-refractivity contribution is 0.465. The molecule has 0 N–H and O–H groups in total. The third-order valence-electron chi connectivity index (χ3n) is 1.76. The summed E-state index contributed by atoms with van der Waals surface area (Å²) in [5, 5.41) is 8.74. The molecule has 0 spiro atoms. The van der Waals surface area contributed by atoms with Crippen LogP contribution >= 0.6 is 15.9 Å². The predicted octanol–water partition coefficient (Wildman–Crippen LogP) is 3.21. The second-order valence-electron chi connectivity index (χ2n) is 2.69. The molecular weight excluding hydrogens is 233 g/mol. The number of nitriles is 1. The Bertz CT molecular complexity index is 343. The molecule has 0 bridgehead atoms. The van der Waals surface area contributed by atoms with Gasteiger partial charge in [-0.3, -0.25) is 4.39 Å². The number of alkyl halides is 1. The molecule has 0 aliphatic carbocycles. The molecule has 1 nitrogen and oxygen atoms in total. The minimum Gasteiger partial charge on any atom is -0.250 e. The molecule has 0 aromatic heterocycles. The molecule has 0 saturated heterocycles. The molecule has 1 rings (SSSR count). The molecule has 1 unspecified atom stereocenters. The lowest BCUT2D eigenvalue weighted by Gasteiger charge is -2.09. The van der Waals surface area contributed by atoms with Crippen LogP contribution in [0.15, 0.2) is 22.7 Å². The summed E-state index contributed by atoms with van der Waals surface area (Å²) in [7, 11) is 0. The Morgan fingerprint density at radius 1 is 1.62 bits per heavy atom. The zero-order valence-corrected chi connectivity index (χ0v) is 8.51. The zero-order chi connectivity index (χ0) is 9.84. The van der Waals surface area contributed by atoms with Gasteiger partial charge in [-0.15, -0.1) is 0 Å². The molecule has 1 atom stereocenters. The Morgan fingerprint density at radius 2 is 2.31 bits per heavy atom. The largest absolute Gasteiger partial charge is 0.250 e. The maximum atomic E-state index is 12.3. The summed E-state index contributed by atoms with van der Waals surface area (Å²) < 4.78 is 13.2. The molecule has 0 saturated carbocycles. The molecule has 0 aliphatic heterocycles. The molecule has 1 radical (unpaired) electrons. The van der Waals surface area contributed by atoms with Crippen LogP contribution in [-0.2, 0) is 0 Å². The molecule has 1 aromatic carbocycles. The van der Waals surface area contributed by atoms with Crippen molar-refractivity contribution >= 4 is 15.9 Å². The lowest BCUT2D eigenvalue weighted by atomic mass is 9.97. The highest BCUT2D eigenvalue weighted by molar-refractivity contribution is 9.10. The van der Waals surface area contributed by atoms with Crippen LogP contribution in [0.25, 0.3) is 0 Å². The average molecular weight is 241 g/mol. The maximum Gasteiger partial charge on any atom is 0.0994 e. The highest BCUT2D eigenvalue weighted by atomic mass is 79.9. The number of benzene rings is 1. The number of halogens is 2. The van der Waals surface area contributed by atoms with Crippen molar-refractivity contribution in [2.45, 2.75) is 5.92 Å². The van der Waals surface area contributed by atoms with Gasteiger partial charge in [-0.1, -0.05) is 15.9 Å². The molecule has 3 heteroatoms. The Hall–Kier alpha value is -0.880. The second-order valence-corrected chi connectivity index (χ2v) is 3.61. The lowest BCUT2D eigenvalue weighted by Crippen LogP contribution is -1.99. The predicted molar refractivity (Wildman–Crippen MR) is 52.9 cm³/mol. The SMILES string of the molecule is [CH2]C(CF)c1cc(Br)ccc1C#N. The van der Waals surface area contributed by atoms with E-state index in [4.69, 9.17) is 5.26 Å². The third-order valence-corrected chi connectivity index (χ3v) is 2.25. The fraction of sp³-hybridized carbons (Fsp3) is 0.200. The van der Waals surface area contributed by atoms with Gasteiger partial charge in [-0.25, -0.2) is 0 Å². The van der Waals surface area contributed by atoms with E-state index in [2.05, 4.69) is 22.9 Å². The molecule has 0 aliphatic rings. The first-order chi connectivity index (χ1) is 6.19. The quantitative estimate of drug-likeness (QED) is 0.779. The van der Waals surface area contributed by atoms with Crippen LogP contribution in [0.5, 0.6) is 0 Å². The van der Waals surface area contributed by atoms with Crippen molar-refractivity contribution in [1.82, 2.24) is 0 Å². The highest BCUT2D eigenvalue weighted by Crippen LogP contribution is 2.23. The number of nitrogens with zero attached hydrogens (tertiary/aromatic N) is 1. The molecule has 0 fully saturated rings. The van der Waals surface area contributed by atoms with Gasteiger partial charge >= 0.3 is 0 Å². The monoisotopic (exact) mass is 240 g/mol. The Morgan fingerprint density at radius 3 is 2.85 bits per heavy atom. The molecule has 0 heterocycles. The van der Waals surface area contributed by atoms with Crippen molar-refractivity contribution in [3.63, 3.8) is 0 Å². The Labute approximate surface area is 85.3 Å². The summed E-state index contributed by atoms with van der Waals surface area (Å²) in [5.41, 5.74) is 1.14. The topological polar surface area (TPSA) is 23.8 Å². The van der Waals surface area contributed by atoms with Crippen molar-refractivity contribution < 1.29 is 4.39 Å². The van der Waals surface area contributed by atoms with Gasteiger partial charge < -0.3 is 0 Å². The Kier molecular flexibility index (Phi) is 3.44. The van der Waals surface area contributed by atoms with Gasteiger partial charge in [0, 0.05) is 10.4 Å². The highest BCUT2D eigenvalue weighted by Gasteiger charge is 2.10. The average Bonchev–Trinajstić information content (AvgIpc) is 2.16. The molecule has 13 heavy (non-hydrogen) atoms. The normalized spacial score (nSPS) is 12.2. The minimum absolute atomic E-state index is 0.466. The van der Waals surface area contributed by atoms with E-state index in [1.54, 1.807) is 18.2 Å². The van der Waals surface area contributed by atoms with Crippen LogP contribution in [0.2, 0.25) is 0 Å². The van der Waals surface area contributed by atoms with Crippen molar-refractivity contribution in [3.05, 3.63) is 40.7 Å². The van der Waals surface area contributed by atoms with Crippen molar-refractivity contribution in [2.24, 2.45) is 0 Å².